The molecular formula is C22H20FN3O3S. The summed E-state index contributed by atoms with van der Waals surface area (Å²) in [6, 6.07) is 8.27. The van der Waals surface area contributed by atoms with Gasteiger partial charge in [0.1, 0.15) is 4.83 Å². The van der Waals surface area contributed by atoms with Crippen LogP contribution in [-0.2, 0) is 6.54 Å². The summed E-state index contributed by atoms with van der Waals surface area (Å²) < 4.78 is 24.3. The Bertz CT molecular complexity index is 1230. The van der Waals surface area contributed by atoms with Crippen molar-refractivity contribution in [3.8, 4) is 17.3 Å². The molecule has 0 spiro atoms. The van der Waals surface area contributed by atoms with Gasteiger partial charge in [0, 0.05) is 19.0 Å². The number of thiophene rings is 1. The van der Waals surface area contributed by atoms with Crippen LogP contribution in [0, 0.1) is 19.7 Å². The number of furan rings is 1. The Morgan fingerprint density at radius 3 is 2.73 bits per heavy atom. The number of carbonyl (C=O) groups excluding carboxylic acids is 1. The molecule has 1 aromatic carbocycles. The molecule has 3 heterocycles. The number of aromatic nitrogens is 2. The Morgan fingerprint density at radius 2 is 2.07 bits per heavy atom. The fourth-order valence-electron chi connectivity index (χ4n) is 3.39. The molecule has 4 rings (SSSR count). The molecule has 0 aliphatic carbocycles. The molecule has 0 fully saturated rings. The molecule has 0 atom stereocenters. The maximum absolute atomic E-state index is 14.0. The largest absolute Gasteiger partial charge is 0.494 e. The predicted molar refractivity (Wildman–Crippen MR) is 113 cm³/mol. The zero-order valence-electron chi connectivity index (χ0n) is 17.0. The highest BCUT2D eigenvalue weighted by Gasteiger charge is 2.22. The third-order valence-electron chi connectivity index (χ3n) is 4.89. The lowest BCUT2D eigenvalue weighted by molar-refractivity contribution is 0.0789. The van der Waals surface area contributed by atoms with Gasteiger partial charge in [-0.25, -0.2) is 14.4 Å². The molecule has 1 amide bonds. The fraction of sp³-hybridized carbons (Fsp3) is 0.227. The second-order valence-electron chi connectivity index (χ2n) is 6.98. The number of halogens is 1. The third kappa shape index (κ3) is 3.54. The first-order chi connectivity index (χ1) is 14.4. The van der Waals surface area contributed by atoms with Crippen molar-refractivity contribution >= 4 is 27.5 Å². The maximum Gasteiger partial charge on any atom is 0.264 e. The molecule has 0 unspecified atom stereocenters. The Kier molecular flexibility index (Phi) is 5.26. The average molecular weight is 425 g/mol. The van der Waals surface area contributed by atoms with Gasteiger partial charge >= 0.3 is 0 Å². The zero-order valence-corrected chi connectivity index (χ0v) is 17.8. The van der Waals surface area contributed by atoms with Crippen LogP contribution in [0.2, 0.25) is 0 Å². The van der Waals surface area contributed by atoms with E-state index < -0.39 is 5.82 Å². The average Bonchev–Trinajstić information content (AvgIpc) is 3.36. The highest BCUT2D eigenvalue weighted by molar-refractivity contribution is 7.20. The van der Waals surface area contributed by atoms with Gasteiger partial charge in [-0.2, -0.15) is 0 Å². The summed E-state index contributed by atoms with van der Waals surface area (Å²) >= 11 is 1.33. The van der Waals surface area contributed by atoms with E-state index in [0.717, 1.165) is 21.5 Å². The number of amides is 1. The van der Waals surface area contributed by atoms with E-state index in [4.69, 9.17) is 9.15 Å². The van der Waals surface area contributed by atoms with E-state index in [1.165, 1.54) is 24.5 Å². The lowest BCUT2D eigenvalue weighted by Crippen LogP contribution is -2.26. The van der Waals surface area contributed by atoms with Gasteiger partial charge in [0.05, 0.1) is 23.9 Å². The summed E-state index contributed by atoms with van der Waals surface area (Å²) in [7, 11) is 3.11. The minimum absolute atomic E-state index is 0.148. The lowest BCUT2D eigenvalue weighted by Gasteiger charge is -2.17. The van der Waals surface area contributed by atoms with Crippen LogP contribution in [-0.4, -0.2) is 34.9 Å². The van der Waals surface area contributed by atoms with Gasteiger partial charge in [-0.05, 0) is 49.2 Å². The van der Waals surface area contributed by atoms with Gasteiger partial charge in [0.15, 0.2) is 23.2 Å². The first-order valence-electron chi connectivity index (χ1n) is 9.28. The van der Waals surface area contributed by atoms with E-state index >= 15 is 0 Å². The van der Waals surface area contributed by atoms with Crippen LogP contribution in [0.1, 0.15) is 26.5 Å². The van der Waals surface area contributed by atoms with Gasteiger partial charge in [0.25, 0.3) is 5.91 Å². The van der Waals surface area contributed by atoms with Gasteiger partial charge in [-0.15, -0.1) is 11.3 Å². The summed E-state index contributed by atoms with van der Waals surface area (Å²) in [5.41, 5.74) is 2.31. The number of nitrogens with zero attached hydrogens (tertiary/aromatic N) is 3. The maximum atomic E-state index is 14.0. The highest BCUT2D eigenvalue weighted by Crippen LogP contribution is 2.34. The van der Waals surface area contributed by atoms with Gasteiger partial charge < -0.3 is 14.1 Å². The van der Waals surface area contributed by atoms with E-state index in [1.54, 1.807) is 42.5 Å². The number of carbonyl (C=O) groups is 1. The van der Waals surface area contributed by atoms with Crippen LogP contribution in [0.5, 0.6) is 5.75 Å². The molecule has 0 N–H and O–H groups in total. The van der Waals surface area contributed by atoms with Crippen LogP contribution in [0.3, 0.4) is 0 Å². The molecule has 0 bridgehead atoms. The first-order valence-corrected chi connectivity index (χ1v) is 10.1. The third-order valence-corrected chi connectivity index (χ3v) is 6.06. The molecular weight excluding hydrogens is 405 g/mol. The summed E-state index contributed by atoms with van der Waals surface area (Å²) in [6.07, 6.45) is 1.57. The Balaban J connectivity index is 1.65. The van der Waals surface area contributed by atoms with Crippen molar-refractivity contribution in [1.82, 2.24) is 14.9 Å². The molecule has 0 aliphatic rings. The minimum atomic E-state index is -0.453. The fourth-order valence-corrected chi connectivity index (χ4v) is 4.61. The molecule has 6 nitrogen and oxygen atoms in total. The number of hydrogen-bond acceptors (Lipinski definition) is 6. The smallest absolute Gasteiger partial charge is 0.264 e. The number of methoxy groups -OCH3 is 1. The van der Waals surface area contributed by atoms with Gasteiger partial charge in [-0.1, -0.05) is 6.07 Å². The predicted octanol–water partition coefficient (Wildman–Crippen LogP) is 4.99. The SMILES string of the molecule is COc1ccc(CN(C)C(=O)c2sc3nc(-c4ccco4)nc(C)c3c2C)cc1F. The highest BCUT2D eigenvalue weighted by atomic mass is 32.1. The molecule has 3 aromatic heterocycles. The van der Waals surface area contributed by atoms with Gasteiger partial charge in [-0.3, -0.25) is 4.79 Å². The van der Waals surface area contributed by atoms with Crippen molar-refractivity contribution < 1.29 is 18.3 Å². The van der Waals surface area contributed by atoms with Crippen LogP contribution in [0.15, 0.2) is 41.0 Å². The van der Waals surface area contributed by atoms with Crippen LogP contribution < -0.4 is 4.74 Å². The Hall–Kier alpha value is -3.26. The topological polar surface area (TPSA) is 68.5 Å². The number of rotatable bonds is 5. The summed E-state index contributed by atoms with van der Waals surface area (Å²) in [5.74, 6) is 0.648. The molecule has 0 radical (unpaired) electrons. The van der Waals surface area contributed by atoms with Crippen molar-refractivity contribution in [2.45, 2.75) is 20.4 Å². The van der Waals surface area contributed by atoms with E-state index in [0.29, 0.717) is 22.0 Å². The van der Waals surface area contributed by atoms with E-state index in [1.807, 2.05) is 13.8 Å². The first kappa shape index (κ1) is 20.0. The van der Waals surface area contributed by atoms with Crippen molar-refractivity contribution in [3.05, 3.63) is 64.1 Å². The molecule has 0 saturated carbocycles. The monoisotopic (exact) mass is 425 g/mol. The quantitative estimate of drug-likeness (QED) is 0.451. The molecule has 0 saturated heterocycles. The zero-order chi connectivity index (χ0) is 21.4. The normalized spacial score (nSPS) is 11.1. The number of benzene rings is 1. The molecule has 8 heteroatoms. The number of fused-ring (bicyclic) bond motifs is 1. The Morgan fingerprint density at radius 1 is 1.27 bits per heavy atom. The lowest BCUT2D eigenvalue weighted by atomic mass is 10.1. The van der Waals surface area contributed by atoms with Crippen LogP contribution in [0.25, 0.3) is 21.8 Å². The second kappa shape index (κ2) is 7.87. The molecule has 4 aromatic rings. The van der Waals surface area contributed by atoms with Crippen LogP contribution in [0.4, 0.5) is 4.39 Å². The van der Waals surface area contributed by atoms with Crippen LogP contribution >= 0.6 is 11.3 Å². The molecule has 30 heavy (non-hydrogen) atoms. The standard InChI is InChI=1S/C22H20FN3O3S/c1-12-18-13(2)24-20(17-6-5-9-29-17)25-21(18)30-19(12)22(27)26(3)11-14-7-8-16(28-4)15(23)10-14/h5-10H,11H2,1-4H3. The van der Waals surface area contributed by atoms with Crippen molar-refractivity contribution in [1.29, 1.82) is 0 Å². The van der Waals surface area contributed by atoms with Crippen molar-refractivity contribution in [2.24, 2.45) is 0 Å². The van der Waals surface area contributed by atoms with Gasteiger partial charge in [0.2, 0.25) is 0 Å². The number of ether oxygens (including phenoxy) is 1. The summed E-state index contributed by atoms with van der Waals surface area (Å²) in [6.45, 7) is 4.07. The van der Waals surface area contributed by atoms with E-state index in [-0.39, 0.29) is 18.2 Å². The molecule has 154 valence electrons. The number of aryl methyl sites for hydroxylation is 2. The second-order valence-corrected chi connectivity index (χ2v) is 7.98. The van der Waals surface area contributed by atoms with E-state index in [9.17, 15) is 9.18 Å². The summed E-state index contributed by atoms with van der Waals surface area (Å²) in [5, 5.41) is 0.877. The van der Waals surface area contributed by atoms with Crippen molar-refractivity contribution in [2.75, 3.05) is 14.2 Å². The summed E-state index contributed by atoms with van der Waals surface area (Å²) in [4.78, 5) is 25.2. The Labute approximate surface area is 176 Å². The number of hydrogen-bond donors (Lipinski definition) is 0. The van der Waals surface area contributed by atoms with E-state index in [2.05, 4.69) is 9.97 Å². The minimum Gasteiger partial charge on any atom is -0.494 e. The molecule has 0 aliphatic heterocycles. The van der Waals surface area contributed by atoms with Crippen molar-refractivity contribution in [3.63, 3.8) is 0 Å².